The maximum Gasteiger partial charge on any atom is 0.251 e. The Labute approximate surface area is 170 Å². The largest absolute Gasteiger partial charge is 0.748 e. The molecule has 2 amide bonds. The summed E-state index contributed by atoms with van der Waals surface area (Å²) in [5, 5.41) is 3.16. The minimum Gasteiger partial charge on any atom is -0.748 e. The van der Waals surface area contributed by atoms with Crippen molar-refractivity contribution in [3.63, 3.8) is 0 Å². The number of benzene rings is 1. The van der Waals surface area contributed by atoms with Crippen molar-refractivity contribution in [2.45, 2.75) is 25.9 Å². The first-order valence-corrected chi connectivity index (χ1v) is 8.69. The first-order chi connectivity index (χ1) is 12.6. The molecule has 1 aliphatic rings. The van der Waals surface area contributed by atoms with Crippen LogP contribution in [-0.2, 0) is 33.2 Å². The predicted molar refractivity (Wildman–Crippen MR) is 103 cm³/mol. The van der Waals surface area contributed by atoms with E-state index in [1.165, 1.54) is 4.90 Å². The zero-order chi connectivity index (χ0) is 18.4. The minimum absolute atomic E-state index is 0. The summed E-state index contributed by atoms with van der Waals surface area (Å²) in [6, 6.07) is 24.9. The summed E-state index contributed by atoms with van der Waals surface area (Å²) in [5.41, 5.74) is 2.86. The number of anilines is 1. The van der Waals surface area contributed by atoms with Crippen molar-refractivity contribution in [2.75, 3.05) is 4.90 Å². The number of nitrogens with one attached hydrogen (secondary N) is 1. The van der Waals surface area contributed by atoms with Crippen molar-refractivity contribution in [1.29, 1.82) is 0 Å². The van der Waals surface area contributed by atoms with Crippen LogP contribution in [0.4, 0.5) is 5.69 Å². The van der Waals surface area contributed by atoms with Gasteiger partial charge in [-0.3, -0.25) is 9.59 Å². The number of amides is 2. The number of nitrogens with zero attached hydrogens (tertiary/aromatic N) is 1. The van der Waals surface area contributed by atoms with Crippen LogP contribution < -0.4 is 10.2 Å². The Morgan fingerprint density at radius 3 is 2.30 bits per heavy atom. The Kier molecular flexibility index (Phi) is 7.74. The Hall–Kier alpha value is -2.46. The Morgan fingerprint density at radius 2 is 1.74 bits per heavy atom. The zero-order valence-electron chi connectivity index (χ0n) is 15.1. The molecule has 0 radical (unpaired) electrons. The molecule has 0 spiro atoms. The minimum atomic E-state index is -0.436. The quantitative estimate of drug-likeness (QED) is 0.413. The van der Waals surface area contributed by atoms with Crippen LogP contribution in [-0.4, -0.2) is 17.9 Å². The molecule has 1 unspecified atom stereocenters. The van der Waals surface area contributed by atoms with E-state index in [0.29, 0.717) is 12.2 Å². The van der Waals surface area contributed by atoms with Gasteiger partial charge in [-0.15, -0.1) is 0 Å². The molecule has 3 aromatic rings. The number of hydrogen-bond acceptors (Lipinski definition) is 3. The molecule has 0 saturated carbocycles. The van der Waals surface area contributed by atoms with Gasteiger partial charge in [0.2, 0.25) is 5.91 Å². The number of carbonyl (C=O) groups is 2. The molecule has 1 atom stereocenters. The third-order valence-corrected chi connectivity index (χ3v) is 4.28. The number of rotatable bonds is 4. The molecule has 4 rings (SSSR count). The van der Waals surface area contributed by atoms with Crippen LogP contribution >= 0.6 is 0 Å². The van der Waals surface area contributed by atoms with Gasteiger partial charge in [-0.25, -0.2) is 17.0 Å². The topological polar surface area (TPSA) is 49.4 Å². The molecular weight excluding hydrogens is 380 g/mol. The molecule has 3 aromatic carbocycles. The smallest absolute Gasteiger partial charge is 0.251 e. The van der Waals surface area contributed by atoms with Crippen LogP contribution in [0.2, 0.25) is 0 Å². The van der Waals surface area contributed by atoms with Gasteiger partial charge in [0, 0.05) is 17.1 Å². The molecule has 1 N–H and O–H groups in total. The second-order valence-electron chi connectivity index (χ2n) is 6.30. The Balaban J connectivity index is 0.000000379. The molecule has 5 heteroatoms. The summed E-state index contributed by atoms with van der Waals surface area (Å²) in [4.78, 5) is 25.8. The maximum atomic E-state index is 12.4. The molecule has 4 nitrogen and oxygen atoms in total. The van der Waals surface area contributed by atoms with Gasteiger partial charge in [-0.1, -0.05) is 17.7 Å². The van der Waals surface area contributed by atoms with Crippen molar-refractivity contribution < 1.29 is 26.7 Å². The molecule has 0 bridgehead atoms. The summed E-state index contributed by atoms with van der Waals surface area (Å²) in [6.07, 6.45) is 0.216. The third kappa shape index (κ3) is 5.51. The monoisotopic (exact) mass is 402 g/mol. The van der Waals surface area contributed by atoms with E-state index in [2.05, 4.69) is 5.32 Å². The molecule has 1 heterocycles. The normalized spacial score (nSPS) is 15.9. The standard InChI is InChI=1S/C17H17N2O2.C5H5.Fe/c1-12-6-8-14(9-7-12)19-16(20)10-15(17(19)21)18-11-13-4-2-3-5-13;1-2-4-5-3-1;/h2-9,15,18H,10-11H2,1H3;1-5H;/q-5;-1;. The Bertz CT molecular complexity index is 807. The van der Waals surface area contributed by atoms with Gasteiger partial charge in [0.1, 0.15) is 0 Å². The number of aryl methyl sites for hydroxylation is 1. The second kappa shape index (κ2) is 10.0. The summed E-state index contributed by atoms with van der Waals surface area (Å²) >= 11 is 0. The fourth-order valence-electron chi connectivity index (χ4n) is 2.85. The van der Waals surface area contributed by atoms with Gasteiger partial charge in [0.05, 0.1) is 18.2 Å². The van der Waals surface area contributed by atoms with Crippen molar-refractivity contribution in [2.24, 2.45) is 0 Å². The molecule has 0 aliphatic carbocycles. The molecule has 1 saturated heterocycles. The van der Waals surface area contributed by atoms with Gasteiger partial charge in [0.25, 0.3) is 5.91 Å². The van der Waals surface area contributed by atoms with Crippen molar-refractivity contribution in [3.05, 3.63) is 90.0 Å². The molecule has 146 valence electrons. The van der Waals surface area contributed by atoms with E-state index in [9.17, 15) is 9.59 Å². The average Bonchev–Trinajstić information content (AvgIpc) is 3.39. The molecular formula is C22H22FeN2O2-6. The van der Waals surface area contributed by atoms with Crippen molar-refractivity contribution in [1.82, 2.24) is 5.32 Å². The summed E-state index contributed by atoms with van der Waals surface area (Å²) in [5.74, 6) is -0.320. The van der Waals surface area contributed by atoms with E-state index in [-0.39, 0.29) is 35.3 Å². The van der Waals surface area contributed by atoms with Crippen LogP contribution in [0, 0.1) is 6.92 Å². The fourth-order valence-corrected chi connectivity index (χ4v) is 2.85. The van der Waals surface area contributed by atoms with Gasteiger partial charge >= 0.3 is 0 Å². The molecule has 27 heavy (non-hydrogen) atoms. The van der Waals surface area contributed by atoms with Gasteiger partial charge in [-0.2, -0.15) is 24.7 Å². The fraction of sp³-hybridized carbons (Fsp3) is 0.182. The van der Waals surface area contributed by atoms with Crippen molar-refractivity contribution in [3.8, 4) is 0 Å². The molecule has 1 fully saturated rings. The predicted octanol–water partition coefficient (Wildman–Crippen LogP) is 3.54. The summed E-state index contributed by atoms with van der Waals surface area (Å²) < 4.78 is 0. The maximum absolute atomic E-state index is 12.4. The van der Waals surface area contributed by atoms with E-state index in [1.54, 1.807) is 0 Å². The number of hydrogen-bond donors (Lipinski definition) is 1. The van der Waals surface area contributed by atoms with Gasteiger partial charge in [-0.05, 0) is 19.1 Å². The summed E-state index contributed by atoms with van der Waals surface area (Å²) in [7, 11) is 0. The zero-order valence-corrected chi connectivity index (χ0v) is 16.2. The van der Waals surface area contributed by atoms with Crippen LogP contribution in [0.5, 0.6) is 0 Å². The van der Waals surface area contributed by atoms with E-state index in [1.807, 2.05) is 85.8 Å². The third-order valence-electron chi connectivity index (χ3n) is 4.28. The van der Waals surface area contributed by atoms with Crippen LogP contribution in [0.3, 0.4) is 0 Å². The van der Waals surface area contributed by atoms with E-state index in [4.69, 9.17) is 0 Å². The van der Waals surface area contributed by atoms with E-state index in [0.717, 1.165) is 11.1 Å². The average molecular weight is 402 g/mol. The van der Waals surface area contributed by atoms with E-state index >= 15 is 0 Å². The summed E-state index contributed by atoms with van der Waals surface area (Å²) in [6.45, 7) is 2.57. The molecule has 0 aromatic heterocycles. The van der Waals surface area contributed by atoms with Crippen molar-refractivity contribution >= 4 is 17.5 Å². The Morgan fingerprint density at radius 1 is 1.11 bits per heavy atom. The SMILES string of the molecule is Cc1ccc(N2C(=O)CC(NC[c-]3[cH-][cH-][cH-][cH-]3)C2=O)cc1.[Fe].c1cc[cH-]c1. The number of imide groups is 1. The molecule has 1 aliphatic heterocycles. The van der Waals surface area contributed by atoms with Crippen LogP contribution in [0.25, 0.3) is 0 Å². The van der Waals surface area contributed by atoms with E-state index < -0.39 is 6.04 Å². The van der Waals surface area contributed by atoms with Crippen LogP contribution in [0.15, 0.2) is 78.9 Å². The first-order valence-electron chi connectivity index (χ1n) is 8.69. The van der Waals surface area contributed by atoms with Crippen LogP contribution in [0.1, 0.15) is 17.5 Å². The first kappa shape index (κ1) is 20.8. The second-order valence-corrected chi connectivity index (χ2v) is 6.30. The number of carbonyl (C=O) groups excluding carboxylic acids is 2. The van der Waals surface area contributed by atoms with Gasteiger partial charge < -0.3 is 35.1 Å². The van der Waals surface area contributed by atoms with Gasteiger partial charge in [0.15, 0.2) is 0 Å².